The number of unbranched alkanes of at least 4 members (excludes halogenated alkanes) is 29. The van der Waals surface area contributed by atoms with Crippen LogP contribution in [0.25, 0.3) is 0 Å². The zero-order valence-corrected chi connectivity index (χ0v) is 43.0. The topological polar surface area (TPSA) is 78.9 Å². The van der Waals surface area contributed by atoms with E-state index in [1.165, 1.54) is 154 Å². The molecule has 0 amide bonds. The number of rotatable bonds is 50. The maximum absolute atomic E-state index is 12.8. The number of esters is 3. The van der Waals surface area contributed by atoms with Crippen LogP contribution in [0.1, 0.15) is 278 Å². The number of carbonyl (C=O) groups is 3. The summed E-state index contributed by atoms with van der Waals surface area (Å²) in [5.41, 5.74) is 0. The Kier molecular flexibility index (Phi) is 51.3. The van der Waals surface area contributed by atoms with Gasteiger partial charge in [0, 0.05) is 19.3 Å². The van der Waals surface area contributed by atoms with Gasteiger partial charge in [0.1, 0.15) is 13.2 Å². The summed E-state index contributed by atoms with van der Waals surface area (Å²) in [6.07, 6.45) is 66.3. The summed E-state index contributed by atoms with van der Waals surface area (Å²) in [6.45, 7) is 6.57. The largest absolute Gasteiger partial charge is 0.462 e. The summed E-state index contributed by atoms with van der Waals surface area (Å²) in [5.74, 6) is -0.926. The summed E-state index contributed by atoms with van der Waals surface area (Å²) in [6, 6.07) is 0. The lowest BCUT2D eigenvalue weighted by atomic mass is 10.0. The van der Waals surface area contributed by atoms with Crippen molar-refractivity contribution in [2.24, 2.45) is 0 Å². The van der Waals surface area contributed by atoms with E-state index in [1.54, 1.807) is 0 Å². The minimum atomic E-state index is -0.792. The lowest BCUT2D eigenvalue weighted by Crippen LogP contribution is -2.30. The van der Waals surface area contributed by atoms with Gasteiger partial charge in [-0.25, -0.2) is 0 Å². The van der Waals surface area contributed by atoms with E-state index in [4.69, 9.17) is 14.2 Å². The number of carbonyl (C=O) groups excluding carboxylic acids is 3. The van der Waals surface area contributed by atoms with Crippen molar-refractivity contribution in [2.75, 3.05) is 13.2 Å². The van der Waals surface area contributed by atoms with Crippen molar-refractivity contribution in [1.29, 1.82) is 0 Å². The third-order valence-corrected chi connectivity index (χ3v) is 12.0. The highest BCUT2D eigenvalue weighted by Gasteiger charge is 2.19. The maximum Gasteiger partial charge on any atom is 0.306 e. The molecule has 0 aliphatic heterocycles. The highest BCUT2D eigenvalue weighted by Crippen LogP contribution is 2.15. The molecular formula is C59H104O6. The van der Waals surface area contributed by atoms with Crippen LogP contribution < -0.4 is 0 Å². The molecule has 0 aliphatic rings. The summed E-state index contributed by atoms with van der Waals surface area (Å²) in [5, 5.41) is 0. The second-order valence-electron chi connectivity index (χ2n) is 18.5. The number of ether oxygens (including phenoxy) is 3. The van der Waals surface area contributed by atoms with Crippen LogP contribution in [0.2, 0.25) is 0 Å². The van der Waals surface area contributed by atoms with E-state index in [-0.39, 0.29) is 31.1 Å². The molecule has 6 heteroatoms. The Labute approximate surface area is 402 Å². The molecule has 0 saturated heterocycles. The standard InChI is InChI=1S/C59H104O6/c1-4-7-10-13-16-19-22-25-28-29-32-35-38-41-44-47-50-53-59(62)65-56(54-63-57(60)51-48-45-42-39-36-33-30-26-23-20-17-14-11-8-5-2)55-64-58(61)52-49-46-43-40-37-34-31-27-24-21-18-15-12-9-6-3/h16-17,19-20,25-26,28,30,36,39,56H,4-15,18,21-24,27,29,31-35,37-38,40-55H2,1-3H3/b19-16-,20-17-,28-25-,30-26-,39-36-/t56-/m1/s1. The second kappa shape index (κ2) is 53.7. The smallest absolute Gasteiger partial charge is 0.306 e. The molecule has 0 bridgehead atoms. The quantitative estimate of drug-likeness (QED) is 0.0262. The Balaban J connectivity index is 4.43. The normalized spacial score (nSPS) is 12.5. The zero-order valence-electron chi connectivity index (χ0n) is 43.0. The van der Waals surface area contributed by atoms with Crippen LogP contribution in [0.4, 0.5) is 0 Å². The minimum absolute atomic E-state index is 0.0873. The molecule has 6 nitrogen and oxygen atoms in total. The molecular weight excluding hydrogens is 805 g/mol. The highest BCUT2D eigenvalue weighted by molar-refractivity contribution is 5.71. The lowest BCUT2D eigenvalue weighted by Gasteiger charge is -2.18. The first-order chi connectivity index (χ1) is 32.0. The van der Waals surface area contributed by atoms with Gasteiger partial charge >= 0.3 is 17.9 Å². The summed E-state index contributed by atoms with van der Waals surface area (Å²) in [4.78, 5) is 38.1. The molecule has 0 aliphatic carbocycles. The van der Waals surface area contributed by atoms with Gasteiger partial charge in [-0.3, -0.25) is 14.4 Å². The van der Waals surface area contributed by atoms with Gasteiger partial charge < -0.3 is 14.2 Å². The first-order valence-electron chi connectivity index (χ1n) is 27.8. The van der Waals surface area contributed by atoms with Gasteiger partial charge in [0.2, 0.25) is 0 Å². The molecule has 65 heavy (non-hydrogen) atoms. The van der Waals surface area contributed by atoms with Gasteiger partial charge in [-0.2, -0.15) is 0 Å². The Hall–Kier alpha value is -2.89. The number of hydrogen-bond acceptors (Lipinski definition) is 6. The number of allylic oxidation sites excluding steroid dienone is 10. The molecule has 0 aromatic carbocycles. The fourth-order valence-corrected chi connectivity index (χ4v) is 7.77. The average molecular weight is 909 g/mol. The van der Waals surface area contributed by atoms with Gasteiger partial charge in [0.05, 0.1) is 0 Å². The molecule has 0 fully saturated rings. The van der Waals surface area contributed by atoms with Crippen LogP contribution in [-0.2, 0) is 28.6 Å². The van der Waals surface area contributed by atoms with E-state index in [1.807, 2.05) is 0 Å². The highest BCUT2D eigenvalue weighted by atomic mass is 16.6. The minimum Gasteiger partial charge on any atom is -0.462 e. The zero-order chi connectivity index (χ0) is 47.2. The third-order valence-electron chi connectivity index (χ3n) is 12.0. The van der Waals surface area contributed by atoms with E-state index in [9.17, 15) is 14.4 Å². The van der Waals surface area contributed by atoms with Gasteiger partial charge in [-0.15, -0.1) is 0 Å². The molecule has 0 radical (unpaired) electrons. The molecule has 0 spiro atoms. The predicted molar refractivity (Wildman–Crippen MR) is 279 cm³/mol. The lowest BCUT2D eigenvalue weighted by molar-refractivity contribution is -0.167. The summed E-state index contributed by atoms with van der Waals surface area (Å²) < 4.78 is 16.8. The molecule has 0 N–H and O–H groups in total. The van der Waals surface area contributed by atoms with Crippen molar-refractivity contribution in [3.05, 3.63) is 60.8 Å². The van der Waals surface area contributed by atoms with Crippen molar-refractivity contribution in [1.82, 2.24) is 0 Å². The molecule has 376 valence electrons. The van der Waals surface area contributed by atoms with E-state index >= 15 is 0 Å². The first-order valence-corrected chi connectivity index (χ1v) is 27.8. The van der Waals surface area contributed by atoms with Crippen LogP contribution in [0.5, 0.6) is 0 Å². The summed E-state index contributed by atoms with van der Waals surface area (Å²) in [7, 11) is 0. The van der Waals surface area contributed by atoms with Crippen molar-refractivity contribution >= 4 is 17.9 Å². The Bertz CT molecular complexity index is 1180. The first kappa shape index (κ1) is 62.1. The van der Waals surface area contributed by atoms with Crippen LogP contribution in [0, 0.1) is 0 Å². The third kappa shape index (κ3) is 51.9. The monoisotopic (exact) mass is 909 g/mol. The van der Waals surface area contributed by atoms with Gasteiger partial charge in [0.15, 0.2) is 6.10 Å². The average Bonchev–Trinajstić information content (AvgIpc) is 3.30. The van der Waals surface area contributed by atoms with Crippen LogP contribution in [-0.4, -0.2) is 37.2 Å². The molecule has 0 rings (SSSR count). The fourth-order valence-electron chi connectivity index (χ4n) is 7.77. The van der Waals surface area contributed by atoms with Crippen molar-refractivity contribution in [2.45, 2.75) is 284 Å². The molecule has 0 unspecified atom stereocenters. The van der Waals surface area contributed by atoms with E-state index in [2.05, 4.69) is 81.5 Å². The van der Waals surface area contributed by atoms with E-state index in [0.717, 1.165) is 83.5 Å². The van der Waals surface area contributed by atoms with Crippen LogP contribution in [0.15, 0.2) is 60.8 Å². The van der Waals surface area contributed by atoms with Gasteiger partial charge in [-0.1, -0.05) is 229 Å². The predicted octanol–water partition coefficient (Wildman–Crippen LogP) is 18.4. The van der Waals surface area contributed by atoms with Gasteiger partial charge in [-0.05, 0) is 89.9 Å². The van der Waals surface area contributed by atoms with E-state index in [0.29, 0.717) is 19.3 Å². The SMILES string of the molecule is CCCCC/C=C\C/C=C\C/C=C\CCCCC(=O)OC[C@H](COC(=O)CCCCCCCCCCCCCCCCC)OC(=O)CCCCCCCCC/C=C\C/C=C\CCCCC. The van der Waals surface area contributed by atoms with Crippen LogP contribution in [0.3, 0.4) is 0 Å². The van der Waals surface area contributed by atoms with Crippen molar-refractivity contribution in [3.63, 3.8) is 0 Å². The number of hydrogen-bond donors (Lipinski definition) is 0. The Morgan fingerprint density at radius 2 is 0.554 bits per heavy atom. The second-order valence-corrected chi connectivity index (χ2v) is 18.5. The van der Waals surface area contributed by atoms with Gasteiger partial charge in [0.25, 0.3) is 0 Å². The molecule has 1 atom stereocenters. The Morgan fingerprint density at radius 3 is 0.923 bits per heavy atom. The molecule has 0 aromatic rings. The van der Waals surface area contributed by atoms with Crippen LogP contribution >= 0.6 is 0 Å². The van der Waals surface area contributed by atoms with Crippen molar-refractivity contribution in [3.8, 4) is 0 Å². The Morgan fingerprint density at radius 1 is 0.308 bits per heavy atom. The molecule has 0 aromatic heterocycles. The fraction of sp³-hybridized carbons (Fsp3) is 0.780. The summed E-state index contributed by atoms with van der Waals surface area (Å²) >= 11 is 0. The molecule has 0 saturated carbocycles. The van der Waals surface area contributed by atoms with E-state index < -0.39 is 6.10 Å². The van der Waals surface area contributed by atoms with Crippen molar-refractivity contribution < 1.29 is 28.6 Å². The maximum atomic E-state index is 12.8. The molecule has 0 heterocycles.